The number of para-hydroxylation sites is 1. The third-order valence-electron chi connectivity index (χ3n) is 3.12. The van der Waals surface area contributed by atoms with Crippen LogP contribution in [0.1, 0.15) is 5.56 Å². The number of nitrogens with zero attached hydrogens (tertiary/aromatic N) is 1. The zero-order chi connectivity index (χ0) is 16.8. The molecule has 0 heterocycles. The molecule has 2 amide bonds. The van der Waals surface area contributed by atoms with E-state index < -0.39 is 6.03 Å². The first-order chi connectivity index (χ1) is 11.0. The van der Waals surface area contributed by atoms with Gasteiger partial charge in [-0.05, 0) is 17.7 Å². The Morgan fingerprint density at radius 3 is 2.21 bits per heavy atom. The molecule has 24 heavy (non-hydrogen) atoms. The van der Waals surface area contributed by atoms with Gasteiger partial charge in [-0.1, -0.05) is 59.6 Å². The molecule has 0 saturated heterocycles. The minimum absolute atomic E-state index is 0. The number of carbonyl (C=O) groups excluding carboxylic acids is 1. The van der Waals surface area contributed by atoms with Crippen molar-refractivity contribution >= 4 is 53.3 Å². The lowest BCUT2D eigenvalue weighted by Crippen LogP contribution is -2.46. The Morgan fingerprint density at radius 1 is 1.08 bits per heavy atom. The summed E-state index contributed by atoms with van der Waals surface area (Å²) >= 11 is 12.5. The van der Waals surface area contributed by atoms with Crippen LogP contribution in [0, 0.1) is 5.41 Å². The summed E-state index contributed by atoms with van der Waals surface area (Å²) < 4.78 is 0. The molecule has 0 aliphatic rings. The van der Waals surface area contributed by atoms with Crippen LogP contribution in [0.2, 0.25) is 10.0 Å². The lowest BCUT2D eigenvalue weighted by molar-refractivity contribution is 0.247. The lowest BCUT2D eigenvalue weighted by atomic mass is 10.2. The average Bonchev–Trinajstić information content (AvgIpc) is 2.54. The lowest BCUT2D eigenvalue weighted by Gasteiger charge is -2.27. The number of benzene rings is 2. The molecule has 0 spiro atoms. The van der Waals surface area contributed by atoms with E-state index >= 15 is 0 Å². The van der Waals surface area contributed by atoms with Crippen molar-refractivity contribution in [2.45, 2.75) is 6.54 Å². The Morgan fingerprint density at radius 2 is 1.67 bits per heavy atom. The van der Waals surface area contributed by atoms with Crippen LogP contribution >= 0.6 is 35.6 Å². The van der Waals surface area contributed by atoms with E-state index in [-0.39, 0.29) is 18.4 Å². The largest absolute Gasteiger partial charge is 0.341 e. The monoisotopic (exact) mass is 386 g/mol. The quantitative estimate of drug-likeness (QED) is 0.543. The van der Waals surface area contributed by atoms with E-state index in [0.717, 1.165) is 5.56 Å². The van der Waals surface area contributed by atoms with Crippen LogP contribution < -0.4 is 15.5 Å². The molecular weight excluding hydrogens is 371 g/mol. The minimum Gasteiger partial charge on any atom is -0.341 e. The Balaban J connectivity index is 0.00000288. The second-order valence-electron chi connectivity index (χ2n) is 4.69. The van der Waals surface area contributed by atoms with Gasteiger partial charge in [-0.25, -0.2) is 4.79 Å². The number of nitrogens with one attached hydrogen (secondary N) is 3. The van der Waals surface area contributed by atoms with Crippen LogP contribution in [0.5, 0.6) is 0 Å². The number of carbonyl (C=O) groups is 1. The van der Waals surface area contributed by atoms with Crippen LogP contribution in [0.15, 0.2) is 48.5 Å². The molecule has 5 nitrogen and oxygen atoms in total. The molecule has 2 aromatic carbocycles. The summed E-state index contributed by atoms with van der Waals surface area (Å²) in [6, 6.07) is 14.2. The average molecular weight is 388 g/mol. The van der Waals surface area contributed by atoms with Crippen molar-refractivity contribution in [1.82, 2.24) is 10.6 Å². The zero-order valence-electron chi connectivity index (χ0n) is 12.8. The van der Waals surface area contributed by atoms with Crippen LogP contribution in [0.3, 0.4) is 0 Å². The van der Waals surface area contributed by atoms with Crippen molar-refractivity contribution in [3.8, 4) is 0 Å². The first-order valence-corrected chi connectivity index (χ1v) is 7.61. The minimum atomic E-state index is -0.490. The summed E-state index contributed by atoms with van der Waals surface area (Å²) in [7, 11) is 1.48. The van der Waals surface area contributed by atoms with Gasteiger partial charge in [-0.15, -0.1) is 12.4 Å². The van der Waals surface area contributed by atoms with E-state index in [1.807, 2.05) is 30.3 Å². The molecular formula is C16H17Cl3N4O. The van der Waals surface area contributed by atoms with Crippen LogP contribution in [-0.4, -0.2) is 19.0 Å². The van der Waals surface area contributed by atoms with Gasteiger partial charge in [0.2, 0.25) is 5.96 Å². The maximum Gasteiger partial charge on any atom is 0.321 e. The number of urea groups is 1. The summed E-state index contributed by atoms with van der Waals surface area (Å²) in [4.78, 5) is 13.1. The smallest absolute Gasteiger partial charge is 0.321 e. The Labute approximate surface area is 156 Å². The predicted octanol–water partition coefficient (Wildman–Crippen LogP) is 4.29. The van der Waals surface area contributed by atoms with E-state index in [2.05, 4.69) is 10.6 Å². The van der Waals surface area contributed by atoms with Crippen molar-refractivity contribution in [3.63, 3.8) is 0 Å². The first kappa shape index (κ1) is 20.1. The summed E-state index contributed by atoms with van der Waals surface area (Å²) in [6.45, 7) is 0.340. The molecule has 2 aromatic rings. The Hall–Kier alpha value is -1.95. The molecule has 0 bridgehead atoms. The summed E-state index contributed by atoms with van der Waals surface area (Å²) in [6.07, 6.45) is 0. The highest BCUT2D eigenvalue weighted by atomic mass is 35.5. The summed E-state index contributed by atoms with van der Waals surface area (Å²) in [5.74, 6) is -0.122. The molecule has 0 aliphatic heterocycles. The molecule has 0 atom stereocenters. The molecule has 0 radical (unpaired) electrons. The molecule has 0 unspecified atom stereocenters. The normalized spacial score (nSPS) is 9.62. The van der Waals surface area contributed by atoms with E-state index in [1.54, 1.807) is 23.1 Å². The SMILES string of the molecule is CNC(=O)NC(=N)N(Cc1ccccc1)c1c(Cl)cccc1Cl.Cl. The molecule has 2 rings (SSSR count). The van der Waals surface area contributed by atoms with Crippen molar-refractivity contribution in [3.05, 3.63) is 64.1 Å². The van der Waals surface area contributed by atoms with Crippen LogP contribution in [-0.2, 0) is 6.54 Å². The zero-order valence-corrected chi connectivity index (χ0v) is 15.2. The van der Waals surface area contributed by atoms with Gasteiger partial charge in [0, 0.05) is 7.05 Å². The van der Waals surface area contributed by atoms with Gasteiger partial charge in [-0.3, -0.25) is 10.7 Å². The summed E-state index contributed by atoms with van der Waals surface area (Å²) in [5, 5.41) is 13.9. The van der Waals surface area contributed by atoms with E-state index in [0.29, 0.717) is 22.3 Å². The van der Waals surface area contributed by atoms with Crippen molar-refractivity contribution in [2.24, 2.45) is 0 Å². The molecule has 3 N–H and O–H groups in total. The Kier molecular flexibility index (Phi) is 7.85. The standard InChI is InChI=1S/C16H16Cl2N4O.ClH/c1-20-16(23)21-15(19)22(10-11-6-3-2-4-7-11)14-12(17)8-5-9-13(14)18;/h2-9H,10H2,1H3,(H3,19,20,21,23);1H. The van der Waals surface area contributed by atoms with Crippen molar-refractivity contribution in [2.75, 3.05) is 11.9 Å². The first-order valence-electron chi connectivity index (χ1n) is 6.85. The number of anilines is 1. The van der Waals surface area contributed by atoms with Crippen LogP contribution in [0.25, 0.3) is 0 Å². The van der Waals surface area contributed by atoms with Crippen LogP contribution in [0.4, 0.5) is 10.5 Å². The van der Waals surface area contributed by atoms with Gasteiger partial charge in [0.05, 0.1) is 22.3 Å². The van der Waals surface area contributed by atoms with Gasteiger partial charge < -0.3 is 10.2 Å². The number of amides is 2. The Bertz CT molecular complexity index is 689. The number of rotatable bonds is 3. The molecule has 0 fully saturated rings. The molecule has 0 aromatic heterocycles. The van der Waals surface area contributed by atoms with Gasteiger partial charge in [0.15, 0.2) is 0 Å². The fourth-order valence-corrected chi connectivity index (χ4v) is 2.62. The van der Waals surface area contributed by atoms with Crippen molar-refractivity contribution in [1.29, 1.82) is 5.41 Å². The fourth-order valence-electron chi connectivity index (χ4n) is 2.02. The topological polar surface area (TPSA) is 68.2 Å². The van der Waals surface area contributed by atoms with Gasteiger partial charge >= 0.3 is 6.03 Å². The van der Waals surface area contributed by atoms with Gasteiger partial charge in [-0.2, -0.15) is 0 Å². The van der Waals surface area contributed by atoms with Gasteiger partial charge in [0.25, 0.3) is 0 Å². The number of hydrogen-bond acceptors (Lipinski definition) is 2. The maximum atomic E-state index is 11.5. The van der Waals surface area contributed by atoms with E-state index in [9.17, 15) is 4.79 Å². The number of guanidine groups is 1. The van der Waals surface area contributed by atoms with E-state index in [4.69, 9.17) is 28.6 Å². The fraction of sp³-hybridized carbons (Fsp3) is 0.125. The molecule has 128 valence electrons. The number of halogens is 3. The van der Waals surface area contributed by atoms with Crippen molar-refractivity contribution < 1.29 is 4.79 Å². The predicted molar refractivity (Wildman–Crippen MR) is 102 cm³/mol. The summed E-state index contributed by atoms with van der Waals surface area (Å²) in [5.41, 5.74) is 1.42. The van der Waals surface area contributed by atoms with E-state index in [1.165, 1.54) is 7.05 Å². The highest BCUT2D eigenvalue weighted by Gasteiger charge is 2.20. The van der Waals surface area contributed by atoms with Gasteiger partial charge in [0.1, 0.15) is 0 Å². The second-order valence-corrected chi connectivity index (χ2v) is 5.51. The second kappa shape index (κ2) is 9.37. The molecule has 0 saturated carbocycles. The number of hydrogen-bond donors (Lipinski definition) is 3. The molecule has 8 heteroatoms. The highest BCUT2D eigenvalue weighted by molar-refractivity contribution is 6.40. The maximum absolute atomic E-state index is 11.5. The third kappa shape index (κ3) is 5.03. The highest BCUT2D eigenvalue weighted by Crippen LogP contribution is 2.34. The molecule has 0 aliphatic carbocycles. The third-order valence-corrected chi connectivity index (χ3v) is 3.73.